The van der Waals surface area contributed by atoms with Crippen LogP contribution in [0.25, 0.3) is 0 Å². The molecule has 0 spiro atoms. The van der Waals surface area contributed by atoms with Crippen molar-refractivity contribution in [2.24, 2.45) is 0 Å². The second-order valence-electron chi connectivity index (χ2n) is 5.76. The van der Waals surface area contributed by atoms with Crippen LogP contribution < -0.4 is 19.5 Å². The lowest BCUT2D eigenvalue weighted by Gasteiger charge is -2.20. The Hall–Kier alpha value is -1.86. The molecule has 0 saturated heterocycles. The molecule has 0 saturated carbocycles. The number of thioether (sulfide) groups is 1. The fourth-order valence-electron chi connectivity index (χ4n) is 2.43. The summed E-state index contributed by atoms with van der Waals surface area (Å²) in [6, 6.07) is 11.2. The smallest absolute Gasteiger partial charge is 0.237 e. The molecule has 1 aliphatic rings. The number of hydrogen-bond donors (Lipinski definition) is 1. The third-order valence-electron chi connectivity index (χ3n) is 3.93. The highest BCUT2D eigenvalue weighted by molar-refractivity contribution is 9.10. The Morgan fingerprint density at radius 1 is 1.23 bits per heavy atom. The van der Waals surface area contributed by atoms with E-state index >= 15 is 0 Å². The first-order valence-electron chi connectivity index (χ1n) is 8.21. The van der Waals surface area contributed by atoms with Crippen LogP contribution in [0.4, 0.5) is 5.69 Å². The maximum absolute atomic E-state index is 12.4. The molecule has 0 bridgehead atoms. The number of ether oxygens (including phenoxy) is 3. The van der Waals surface area contributed by atoms with Crippen LogP contribution >= 0.6 is 27.7 Å². The molecule has 1 amide bonds. The molecule has 2 aromatic carbocycles. The summed E-state index contributed by atoms with van der Waals surface area (Å²) in [5.74, 6) is 2.92. The minimum atomic E-state index is -0.197. The molecular weight excluding hydrogens is 418 g/mol. The Morgan fingerprint density at radius 3 is 2.54 bits per heavy atom. The number of hydrogen-bond acceptors (Lipinski definition) is 5. The zero-order valence-corrected chi connectivity index (χ0v) is 17.0. The van der Waals surface area contributed by atoms with Gasteiger partial charge in [-0.15, -0.1) is 11.8 Å². The standard InChI is InChI=1S/C19H20BrNO4S/c1-12(19(22)21-14-3-5-15(23-2)6-4-14)26-11-13-9-17-18(10-16(13)20)25-8-7-24-17/h3-6,9-10,12H,7-8,11H2,1-2H3,(H,21,22). The Bertz CT molecular complexity index is 782. The van der Waals surface area contributed by atoms with E-state index in [9.17, 15) is 4.79 Å². The van der Waals surface area contributed by atoms with Crippen LogP contribution in [0.5, 0.6) is 17.2 Å². The van der Waals surface area contributed by atoms with E-state index in [1.165, 1.54) is 0 Å². The number of amides is 1. The Balaban J connectivity index is 1.57. The van der Waals surface area contributed by atoms with E-state index in [1.54, 1.807) is 18.9 Å². The van der Waals surface area contributed by atoms with Crippen molar-refractivity contribution in [2.75, 3.05) is 25.6 Å². The zero-order chi connectivity index (χ0) is 18.5. The van der Waals surface area contributed by atoms with Crippen molar-refractivity contribution in [3.8, 4) is 17.2 Å². The summed E-state index contributed by atoms with van der Waals surface area (Å²) in [6.45, 7) is 3.02. The summed E-state index contributed by atoms with van der Waals surface area (Å²) in [4.78, 5) is 12.4. The van der Waals surface area contributed by atoms with Crippen molar-refractivity contribution in [3.63, 3.8) is 0 Å². The molecule has 138 valence electrons. The Kier molecular flexibility index (Phi) is 6.32. The van der Waals surface area contributed by atoms with Crippen molar-refractivity contribution >= 4 is 39.3 Å². The van der Waals surface area contributed by atoms with Gasteiger partial charge in [-0.3, -0.25) is 4.79 Å². The van der Waals surface area contributed by atoms with Gasteiger partial charge in [-0.2, -0.15) is 0 Å². The molecule has 0 fully saturated rings. The van der Waals surface area contributed by atoms with E-state index < -0.39 is 0 Å². The van der Waals surface area contributed by atoms with Crippen LogP contribution in [0.15, 0.2) is 40.9 Å². The molecule has 1 N–H and O–H groups in total. The molecule has 26 heavy (non-hydrogen) atoms. The van der Waals surface area contributed by atoms with Crippen molar-refractivity contribution in [1.29, 1.82) is 0 Å². The highest BCUT2D eigenvalue weighted by Gasteiger charge is 2.18. The molecule has 3 rings (SSSR count). The van der Waals surface area contributed by atoms with Gasteiger partial charge in [0.05, 0.1) is 12.4 Å². The van der Waals surface area contributed by atoms with Crippen molar-refractivity contribution < 1.29 is 19.0 Å². The van der Waals surface area contributed by atoms with Gasteiger partial charge in [0, 0.05) is 15.9 Å². The fraction of sp³-hybridized carbons (Fsp3) is 0.316. The summed E-state index contributed by atoms with van der Waals surface area (Å²) >= 11 is 5.13. The lowest BCUT2D eigenvalue weighted by atomic mass is 10.2. The molecule has 2 aromatic rings. The quantitative estimate of drug-likeness (QED) is 0.721. The number of methoxy groups -OCH3 is 1. The largest absolute Gasteiger partial charge is 0.497 e. The van der Waals surface area contributed by atoms with Gasteiger partial charge in [0.2, 0.25) is 5.91 Å². The molecule has 0 aliphatic carbocycles. The van der Waals surface area contributed by atoms with Crippen molar-refractivity contribution in [3.05, 3.63) is 46.4 Å². The zero-order valence-electron chi connectivity index (χ0n) is 14.6. The molecule has 1 heterocycles. The number of benzene rings is 2. The van der Waals surface area contributed by atoms with Gasteiger partial charge >= 0.3 is 0 Å². The Labute approximate surface area is 165 Å². The maximum atomic E-state index is 12.4. The number of rotatable bonds is 6. The van der Waals surface area contributed by atoms with Crippen molar-refractivity contribution in [2.45, 2.75) is 17.9 Å². The van der Waals surface area contributed by atoms with Gasteiger partial charge < -0.3 is 19.5 Å². The van der Waals surface area contributed by atoms with Crippen LogP contribution in [0.2, 0.25) is 0 Å². The Morgan fingerprint density at radius 2 is 1.88 bits per heavy atom. The highest BCUT2D eigenvalue weighted by Crippen LogP contribution is 2.37. The normalized spacial score (nSPS) is 13.8. The van der Waals surface area contributed by atoms with Crippen LogP contribution in [0, 0.1) is 0 Å². The van der Waals surface area contributed by atoms with Crippen LogP contribution in [-0.2, 0) is 10.5 Å². The molecule has 7 heteroatoms. The summed E-state index contributed by atoms with van der Waals surface area (Å²) in [7, 11) is 1.61. The molecule has 5 nitrogen and oxygen atoms in total. The minimum Gasteiger partial charge on any atom is -0.497 e. The monoisotopic (exact) mass is 437 g/mol. The lowest BCUT2D eigenvalue weighted by molar-refractivity contribution is -0.115. The summed E-state index contributed by atoms with van der Waals surface area (Å²) in [6.07, 6.45) is 0. The first-order chi connectivity index (χ1) is 12.6. The number of halogens is 1. The molecular formula is C19H20BrNO4S. The van der Waals surface area contributed by atoms with Gasteiger partial charge in [0.1, 0.15) is 19.0 Å². The fourth-order valence-corrected chi connectivity index (χ4v) is 3.95. The second-order valence-corrected chi connectivity index (χ2v) is 7.94. The van der Waals surface area contributed by atoms with Crippen LogP contribution in [0.3, 0.4) is 0 Å². The van der Waals surface area contributed by atoms with Gasteiger partial charge in [0.15, 0.2) is 11.5 Å². The second kappa shape index (κ2) is 8.68. The van der Waals surface area contributed by atoms with Crippen molar-refractivity contribution in [1.82, 2.24) is 0 Å². The molecule has 1 atom stereocenters. The summed E-state index contributed by atoms with van der Waals surface area (Å²) < 4.78 is 17.3. The topological polar surface area (TPSA) is 56.8 Å². The first-order valence-corrected chi connectivity index (χ1v) is 10.1. The SMILES string of the molecule is COc1ccc(NC(=O)C(C)SCc2cc3c(cc2Br)OCCO3)cc1. The lowest BCUT2D eigenvalue weighted by Crippen LogP contribution is -2.22. The van der Waals surface area contributed by atoms with E-state index in [-0.39, 0.29) is 11.2 Å². The average Bonchev–Trinajstić information content (AvgIpc) is 2.66. The number of carbonyl (C=O) groups excluding carboxylic acids is 1. The molecule has 1 unspecified atom stereocenters. The predicted molar refractivity (Wildman–Crippen MR) is 108 cm³/mol. The summed E-state index contributed by atoms with van der Waals surface area (Å²) in [5, 5.41) is 2.73. The van der Waals surface area contributed by atoms with E-state index in [0.29, 0.717) is 19.0 Å². The number of anilines is 1. The number of fused-ring (bicyclic) bond motifs is 1. The predicted octanol–water partition coefficient (Wildman–Crippen LogP) is 4.49. The van der Waals surface area contributed by atoms with E-state index in [2.05, 4.69) is 21.2 Å². The molecule has 0 radical (unpaired) electrons. The van der Waals surface area contributed by atoms with Gasteiger partial charge in [-0.25, -0.2) is 0 Å². The van der Waals surface area contributed by atoms with E-state index in [0.717, 1.165) is 33.0 Å². The summed E-state index contributed by atoms with van der Waals surface area (Å²) in [5.41, 5.74) is 1.83. The maximum Gasteiger partial charge on any atom is 0.237 e. The van der Waals surface area contributed by atoms with E-state index in [1.807, 2.05) is 43.3 Å². The third kappa shape index (κ3) is 4.65. The van der Waals surface area contributed by atoms with E-state index in [4.69, 9.17) is 14.2 Å². The van der Waals surface area contributed by atoms with Gasteiger partial charge in [-0.1, -0.05) is 15.9 Å². The third-order valence-corrected chi connectivity index (χ3v) is 5.86. The minimum absolute atomic E-state index is 0.0335. The van der Waals surface area contributed by atoms with Crippen LogP contribution in [-0.4, -0.2) is 31.5 Å². The van der Waals surface area contributed by atoms with Crippen LogP contribution in [0.1, 0.15) is 12.5 Å². The van der Waals surface area contributed by atoms with Gasteiger partial charge in [0.25, 0.3) is 0 Å². The highest BCUT2D eigenvalue weighted by atomic mass is 79.9. The first kappa shape index (κ1) is 18.9. The average molecular weight is 438 g/mol. The number of nitrogens with one attached hydrogen (secondary N) is 1. The molecule has 0 aromatic heterocycles. The molecule has 1 aliphatic heterocycles. The number of carbonyl (C=O) groups is 1. The van der Waals surface area contributed by atoms with Gasteiger partial charge in [-0.05, 0) is 48.9 Å².